The summed E-state index contributed by atoms with van der Waals surface area (Å²) in [7, 11) is 0. The SMILES string of the molecule is CC(C)(C)c1cc(NC(=O)CSCc2ccc(Cl)cc2)c(C(N)=O)s1. The van der Waals surface area contributed by atoms with E-state index in [1.54, 1.807) is 0 Å². The maximum absolute atomic E-state index is 12.2. The number of benzene rings is 1. The van der Waals surface area contributed by atoms with Crippen LogP contribution in [0.5, 0.6) is 0 Å². The van der Waals surface area contributed by atoms with Gasteiger partial charge in [-0.15, -0.1) is 23.1 Å². The molecule has 7 heteroatoms. The van der Waals surface area contributed by atoms with Crippen LogP contribution in [0, 0.1) is 0 Å². The molecule has 0 bridgehead atoms. The fraction of sp³-hybridized carbons (Fsp3) is 0.333. The van der Waals surface area contributed by atoms with Crippen LogP contribution >= 0.6 is 34.7 Å². The van der Waals surface area contributed by atoms with E-state index >= 15 is 0 Å². The lowest BCUT2D eigenvalue weighted by atomic mass is 9.94. The molecule has 0 saturated heterocycles. The molecule has 3 N–H and O–H groups in total. The maximum Gasteiger partial charge on any atom is 0.260 e. The normalized spacial score (nSPS) is 11.4. The zero-order valence-electron chi connectivity index (χ0n) is 14.4. The van der Waals surface area contributed by atoms with E-state index in [1.807, 2.05) is 30.3 Å². The Hall–Kier alpha value is -1.50. The summed E-state index contributed by atoms with van der Waals surface area (Å²) in [6.45, 7) is 6.16. The van der Waals surface area contributed by atoms with Crippen LogP contribution < -0.4 is 11.1 Å². The number of nitrogens with two attached hydrogens (primary N) is 1. The second-order valence-electron chi connectivity index (χ2n) is 6.64. The second kappa shape index (κ2) is 8.25. The number of carbonyl (C=O) groups excluding carboxylic acids is 2. The number of primary amides is 1. The van der Waals surface area contributed by atoms with Crippen LogP contribution in [0.4, 0.5) is 5.69 Å². The number of anilines is 1. The fourth-order valence-electron chi connectivity index (χ4n) is 2.07. The quantitative estimate of drug-likeness (QED) is 0.745. The second-order valence-corrected chi connectivity index (χ2v) is 9.11. The molecule has 4 nitrogen and oxygen atoms in total. The van der Waals surface area contributed by atoms with E-state index in [9.17, 15) is 9.59 Å². The molecule has 0 aliphatic heterocycles. The molecule has 0 radical (unpaired) electrons. The Bertz CT molecular complexity index is 764. The van der Waals surface area contributed by atoms with Gasteiger partial charge in [0.05, 0.1) is 11.4 Å². The van der Waals surface area contributed by atoms with Crippen LogP contribution in [0.1, 0.15) is 40.9 Å². The summed E-state index contributed by atoms with van der Waals surface area (Å²) in [5.74, 6) is 0.329. The first kappa shape index (κ1) is 19.8. The molecule has 0 aliphatic carbocycles. The minimum atomic E-state index is -0.524. The standard InChI is InChI=1S/C18H21ClN2O2S2/c1-18(2,3)14-8-13(16(25-14)17(20)23)21-15(22)10-24-9-11-4-6-12(19)7-5-11/h4-8H,9-10H2,1-3H3,(H2,20,23)(H,21,22). The third kappa shape index (κ3) is 5.76. The molecule has 0 saturated carbocycles. The molecular formula is C18H21ClN2O2S2. The van der Waals surface area contributed by atoms with E-state index in [0.717, 1.165) is 10.4 Å². The molecule has 0 spiro atoms. The number of thioether (sulfide) groups is 1. The zero-order valence-corrected chi connectivity index (χ0v) is 16.8. The molecule has 0 atom stereocenters. The van der Waals surface area contributed by atoms with Crippen molar-refractivity contribution < 1.29 is 9.59 Å². The van der Waals surface area contributed by atoms with Gasteiger partial charge in [-0.05, 0) is 29.2 Å². The molecule has 1 aromatic heterocycles. The van der Waals surface area contributed by atoms with Crippen LogP contribution in [0.15, 0.2) is 30.3 Å². The highest BCUT2D eigenvalue weighted by molar-refractivity contribution is 7.99. The molecule has 2 aromatic rings. The lowest BCUT2D eigenvalue weighted by Gasteiger charge is -2.15. The highest BCUT2D eigenvalue weighted by Gasteiger charge is 2.22. The first-order valence-corrected chi connectivity index (χ1v) is 10.1. The van der Waals surface area contributed by atoms with Crippen LogP contribution in [0.2, 0.25) is 5.02 Å². The molecular weight excluding hydrogens is 376 g/mol. The van der Waals surface area contributed by atoms with E-state index < -0.39 is 5.91 Å². The lowest BCUT2D eigenvalue weighted by Crippen LogP contribution is -2.17. The van der Waals surface area contributed by atoms with Crippen molar-refractivity contribution in [1.82, 2.24) is 0 Å². The molecule has 25 heavy (non-hydrogen) atoms. The van der Waals surface area contributed by atoms with Crippen molar-refractivity contribution in [2.75, 3.05) is 11.1 Å². The molecule has 0 fully saturated rings. The number of nitrogens with one attached hydrogen (secondary N) is 1. The van der Waals surface area contributed by atoms with Gasteiger partial charge in [0.1, 0.15) is 4.88 Å². The van der Waals surface area contributed by atoms with Gasteiger partial charge in [-0.25, -0.2) is 0 Å². The van der Waals surface area contributed by atoms with E-state index in [1.165, 1.54) is 23.1 Å². The molecule has 1 aromatic carbocycles. The van der Waals surface area contributed by atoms with Gasteiger partial charge >= 0.3 is 0 Å². The Kier molecular flexibility index (Phi) is 6.54. The van der Waals surface area contributed by atoms with Crippen molar-refractivity contribution in [1.29, 1.82) is 0 Å². The highest BCUT2D eigenvalue weighted by atomic mass is 35.5. The first-order valence-electron chi connectivity index (χ1n) is 7.73. The van der Waals surface area contributed by atoms with E-state index in [-0.39, 0.29) is 11.3 Å². The predicted octanol–water partition coefficient (Wildman–Crippen LogP) is 4.67. The Morgan fingerprint density at radius 1 is 1.24 bits per heavy atom. The van der Waals surface area contributed by atoms with Gasteiger partial charge in [0, 0.05) is 15.7 Å². The number of hydrogen-bond donors (Lipinski definition) is 2. The molecule has 0 aliphatic rings. The summed E-state index contributed by atoms with van der Waals surface area (Å²) in [5.41, 5.74) is 6.93. The topological polar surface area (TPSA) is 72.2 Å². The summed E-state index contributed by atoms with van der Waals surface area (Å²) >= 11 is 8.68. The van der Waals surface area contributed by atoms with E-state index in [2.05, 4.69) is 26.1 Å². The van der Waals surface area contributed by atoms with Gasteiger partial charge < -0.3 is 11.1 Å². The third-order valence-corrected chi connectivity index (χ3v) is 6.22. The fourth-order valence-corrected chi connectivity index (χ4v) is 4.00. The van der Waals surface area contributed by atoms with Crippen molar-refractivity contribution in [3.63, 3.8) is 0 Å². The first-order chi connectivity index (χ1) is 11.7. The lowest BCUT2D eigenvalue weighted by molar-refractivity contribution is -0.113. The van der Waals surface area contributed by atoms with Crippen LogP contribution in [-0.4, -0.2) is 17.6 Å². The molecule has 2 amide bonds. The number of halogens is 1. The third-order valence-electron chi connectivity index (χ3n) is 3.38. The zero-order chi connectivity index (χ0) is 18.6. The number of rotatable bonds is 6. The van der Waals surface area contributed by atoms with Crippen LogP contribution in [0.3, 0.4) is 0 Å². The van der Waals surface area contributed by atoms with Gasteiger partial charge in [-0.2, -0.15) is 0 Å². The summed E-state index contributed by atoms with van der Waals surface area (Å²) in [6, 6.07) is 9.37. The van der Waals surface area contributed by atoms with Gasteiger partial charge in [-0.1, -0.05) is 44.5 Å². The summed E-state index contributed by atoms with van der Waals surface area (Å²) in [4.78, 5) is 25.2. The Morgan fingerprint density at radius 2 is 1.88 bits per heavy atom. The van der Waals surface area contributed by atoms with Crippen molar-refractivity contribution in [2.45, 2.75) is 31.9 Å². The number of thiophene rings is 1. The van der Waals surface area contributed by atoms with Gasteiger partial charge in [-0.3, -0.25) is 9.59 Å². The Morgan fingerprint density at radius 3 is 2.44 bits per heavy atom. The molecule has 0 unspecified atom stereocenters. The van der Waals surface area contributed by atoms with Gasteiger partial charge in [0.2, 0.25) is 5.91 Å². The highest BCUT2D eigenvalue weighted by Crippen LogP contribution is 2.35. The summed E-state index contributed by atoms with van der Waals surface area (Å²) < 4.78 is 0. The largest absolute Gasteiger partial charge is 0.365 e. The van der Waals surface area contributed by atoms with Crippen molar-refractivity contribution >= 4 is 52.2 Å². The predicted molar refractivity (Wildman–Crippen MR) is 108 cm³/mol. The average molecular weight is 397 g/mol. The number of amides is 2. The number of hydrogen-bond acceptors (Lipinski definition) is 4. The molecule has 1 heterocycles. The van der Waals surface area contributed by atoms with Crippen LogP contribution in [0.25, 0.3) is 0 Å². The minimum absolute atomic E-state index is 0.110. The summed E-state index contributed by atoms with van der Waals surface area (Å²) in [5, 5.41) is 3.50. The van der Waals surface area contributed by atoms with Crippen molar-refractivity contribution in [3.8, 4) is 0 Å². The minimum Gasteiger partial charge on any atom is -0.365 e. The van der Waals surface area contributed by atoms with Gasteiger partial charge in [0.25, 0.3) is 5.91 Å². The molecule has 134 valence electrons. The maximum atomic E-state index is 12.2. The number of carbonyl (C=O) groups is 2. The summed E-state index contributed by atoms with van der Waals surface area (Å²) in [6.07, 6.45) is 0. The van der Waals surface area contributed by atoms with Crippen molar-refractivity contribution in [3.05, 3.63) is 50.7 Å². The van der Waals surface area contributed by atoms with E-state index in [4.69, 9.17) is 17.3 Å². The van der Waals surface area contributed by atoms with Crippen molar-refractivity contribution in [2.24, 2.45) is 5.73 Å². The average Bonchev–Trinajstić information content (AvgIpc) is 2.93. The van der Waals surface area contributed by atoms with Gasteiger partial charge in [0.15, 0.2) is 0 Å². The molecule has 2 rings (SSSR count). The van der Waals surface area contributed by atoms with E-state index in [0.29, 0.717) is 27.1 Å². The smallest absolute Gasteiger partial charge is 0.260 e. The Labute approximate surface area is 161 Å². The van der Waals surface area contributed by atoms with Crippen LogP contribution in [-0.2, 0) is 16.0 Å². The Balaban J connectivity index is 1.96. The monoisotopic (exact) mass is 396 g/mol.